The second kappa shape index (κ2) is 2.73. The predicted molar refractivity (Wildman–Crippen MR) is 44.5 cm³/mol. The summed E-state index contributed by atoms with van der Waals surface area (Å²) in [6, 6.07) is 0. The SMILES string of the molecule is O=C1NCCC12CCC(O)CC2. The molecule has 0 aromatic heterocycles. The second-order valence-electron chi connectivity index (χ2n) is 4.02. The van der Waals surface area contributed by atoms with Gasteiger partial charge in [-0.1, -0.05) is 0 Å². The molecular weight excluding hydrogens is 154 g/mol. The fourth-order valence-corrected chi connectivity index (χ4v) is 2.35. The Bertz CT molecular complexity index is 195. The van der Waals surface area contributed by atoms with Gasteiger partial charge in [0.05, 0.1) is 11.5 Å². The molecule has 1 spiro atoms. The van der Waals surface area contributed by atoms with Crippen LogP contribution in [0.5, 0.6) is 0 Å². The lowest BCUT2D eigenvalue weighted by molar-refractivity contribution is -0.130. The van der Waals surface area contributed by atoms with E-state index in [4.69, 9.17) is 0 Å². The average Bonchev–Trinajstić information content (AvgIpc) is 2.41. The van der Waals surface area contributed by atoms with Gasteiger partial charge in [-0.2, -0.15) is 0 Å². The molecule has 1 saturated heterocycles. The largest absolute Gasteiger partial charge is 0.393 e. The number of hydrogen-bond acceptors (Lipinski definition) is 2. The highest BCUT2D eigenvalue weighted by molar-refractivity contribution is 5.84. The molecular formula is C9H15NO2. The van der Waals surface area contributed by atoms with Crippen LogP contribution in [0.4, 0.5) is 0 Å². The molecule has 1 aliphatic heterocycles. The Morgan fingerprint density at radius 2 is 2.00 bits per heavy atom. The maximum absolute atomic E-state index is 11.5. The third kappa shape index (κ3) is 1.12. The number of carbonyl (C=O) groups is 1. The monoisotopic (exact) mass is 169 g/mol. The highest BCUT2D eigenvalue weighted by atomic mass is 16.3. The van der Waals surface area contributed by atoms with Gasteiger partial charge in [0.1, 0.15) is 0 Å². The zero-order valence-corrected chi connectivity index (χ0v) is 7.18. The van der Waals surface area contributed by atoms with Gasteiger partial charge >= 0.3 is 0 Å². The Kier molecular flexibility index (Phi) is 1.83. The summed E-state index contributed by atoms with van der Waals surface area (Å²) in [5, 5.41) is 12.2. The van der Waals surface area contributed by atoms with Crippen LogP contribution in [0.15, 0.2) is 0 Å². The van der Waals surface area contributed by atoms with Crippen molar-refractivity contribution in [2.75, 3.05) is 6.54 Å². The minimum atomic E-state index is -0.163. The Morgan fingerprint density at radius 1 is 1.33 bits per heavy atom. The lowest BCUT2D eigenvalue weighted by Gasteiger charge is -2.32. The number of rotatable bonds is 0. The molecule has 1 aliphatic carbocycles. The molecule has 0 bridgehead atoms. The number of nitrogens with one attached hydrogen (secondary N) is 1. The summed E-state index contributed by atoms with van der Waals surface area (Å²) >= 11 is 0. The first-order valence-electron chi connectivity index (χ1n) is 4.69. The Hall–Kier alpha value is -0.570. The van der Waals surface area contributed by atoms with Gasteiger partial charge in [0.15, 0.2) is 0 Å². The van der Waals surface area contributed by atoms with Gasteiger partial charge in [0.25, 0.3) is 0 Å². The lowest BCUT2D eigenvalue weighted by atomic mass is 9.72. The van der Waals surface area contributed by atoms with Gasteiger partial charge in [-0.3, -0.25) is 4.79 Å². The maximum Gasteiger partial charge on any atom is 0.226 e. The Labute approximate surface area is 72.2 Å². The van der Waals surface area contributed by atoms with Crippen LogP contribution >= 0.6 is 0 Å². The van der Waals surface area contributed by atoms with Crippen molar-refractivity contribution in [3.05, 3.63) is 0 Å². The standard InChI is InChI=1S/C9H15NO2/c11-7-1-3-9(4-2-7)5-6-10-8(9)12/h7,11H,1-6H2,(H,10,12). The summed E-state index contributed by atoms with van der Waals surface area (Å²) in [6.07, 6.45) is 4.16. The first-order valence-corrected chi connectivity index (χ1v) is 4.69. The number of aliphatic hydroxyl groups is 1. The van der Waals surface area contributed by atoms with Crippen LogP contribution in [-0.2, 0) is 4.79 Å². The zero-order valence-electron chi connectivity index (χ0n) is 7.18. The smallest absolute Gasteiger partial charge is 0.226 e. The molecule has 12 heavy (non-hydrogen) atoms. The highest BCUT2D eigenvalue weighted by Gasteiger charge is 2.44. The summed E-state index contributed by atoms with van der Waals surface area (Å²) in [6.45, 7) is 0.828. The van der Waals surface area contributed by atoms with Gasteiger partial charge in [0, 0.05) is 6.54 Å². The van der Waals surface area contributed by atoms with Crippen LogP contribution in [0.3, 0.4) is 0 Å². The minimum absolute atomic E-state index is 0.0980. The van der Waals surface area contributed by atoms with Gasteiger partial charge in [-0.25, -0.2) is 0 Å². The fourth-order valence-electron chi connectivity index (χ4n) is 2.35. The Morgan fingerprint density at radius 3 is 2.50 bits per heavy atom. The molecule has 0 aromatic rings. The lowest BCUT2D eigenvalue weighted by Crippen LogP contribution is -2.36. The van der Waals surface area contributed by atoms with Crippen molar-refractivity contribution in [3.8, 4) is 0 Å². The molecule has 3 nitrogen and oxygen atoms in total. The van der Waals surface area contributed by atoms with Gasteiger partial charge in [0.2, 0.25) is 5.91 Å². The fraction of sp³-hybridized carbons (Fsp3) is 0.889. The minimum Gasteiger partial charge on any atom is -0.393 e. The van der Waals surface area contributed by atoms with E-state index in [2.05, 4.69) is 5.32 Å². The summed E-state index contributed by atoms with van der Waals surface area (Å²) in [7, 11) is 0. The first kappa shape index (κ1) is 8.05. The van der Waals surface area contributed by atoms with Crippen molar-refractivity contribution in [1.29, 1.82) is 0 Å². The van der Waals surface area contributed by atoms with E-state index in [0.717, 1.165) is 38.6 Å². The van der Waals surface area contributed by atoms with E-state index in [9.17, 15) is 9.90 Å². The Balaban J connectivity index is 2.07. The third-order valence-electron chi connectivity index (χ3n) is 3.28. The summed E-state index contributed by atoms with van der Waals surface area (Å²) in [5.41, 5.74) is -0.0980. The molecule has 2 N–H and O–H groups in total. The second-order valence-corrected chi connectivity index (χ2v) is 4.02. The van der Waals surface area contributed by atoms with E-state index in [1.165, 1.54) is 0 Å². The van der Waals surface area contributed by atoms with E-state index in [1.54, 1.807) is 0 Å². The van der Waals surface area contributed by atoms with Crippen LogP contribution < -0.4 is 5.32 Å². The average molecular weight is 169 g/mol. The van der Waals surface area contributed by atoms with Crippen molar-refractivity contribution < 1.29 is 9.90 Å². The molecule has 0 atom stereocenters. The van der Waals surface area contributed by atoms with Gasteiger partial charge in [-0.05, 0) is 32.1 Å². The topological polar surface area (TPSA) is 49.3 Å². The molecule has 2 fully saturated rings. The quantitative estimate of drug-likeness (QED) is 0.552. The van der Waals surface area contributed by atoms with Crippen LogP contribution in [-0.4, -0.2) is 23.7 Å². The number of aliphatic hydroxyl groups excluding tert-OH is 1. The van der Waals surface area contributed by atoms with E-state index < -0.39 is 0 Å². The summed E-state index contributed by atoms with van der Waals surface area (Å²) in [5.74, 6) is 0.217. The molecule has 0 unspecified atom stereocenters. The van der Waals surface area contributed by atoms with Gasteiger partial charge < -0.3 is 10.4 Å². The van der Waals surface area contributed by atoms with Crippen molar-refractivity contribution in [2.24, 2.45) is 5.41 Å². The third-order valence-corrected chi connectivity index (χ3v) is 3.28. The van der Waals surface area contributed by atoms with Crippen molar-refractivity contribution >= 4 is 5.91 Å². The van der Waals surface area contributed by atoms with Crippen LogP contribution in [0.25, 0.3) is 0 Å². The molecule has 1 heterocycles. The van der Waals surface area contributed by atoms with Crippen LogP contribution in [0, 0.1) is 5.41 Å². The van der Waals surface area contributed by atoms with E-state index >= 15 is 0 Å². The zero-order chi connectivity index (χ0) is 8.60. The molecule has 2 aliphatic rings. The molecule has 1 saturated carbocycles. The van der Waals surface area contributed by atoms with Crippen molar-refractivity contribution in [1.82, 2.24) is 5.32 Å². The predicted octanol–water partition coefficient (Wildman–Crippen LogP) is 0.428. The van der Waals surface area contributed by atoms with Crippen LogP contribution in [0.1, 0.15) is 32.1 Å². The van der Waals surface area contributed by atoms with Crippen molar-refractivity contribution in [2.45, 2.75) is 38.2 Å². The number of hydrogen-bond donors (Lipinski definition) is 2. The first-order chi connectivity index (χ1) is 5.73. The normalized spacial score (nSPS) is 41.8. The van der Waals surface area contributed by atoms with Crippen molar-refractivity contribution in [3.63, 3.8) is 0 Å². The number of carbonyl (C=O) groups excluding carboxylic acids is 1. The van der Waals surface area contributed by atoms with E-state index in [-0.39, 0.29) is 17.4 Å². The summed E-state index contributed by atoms with van der Waals surface area (Å²) < 4.78 is 0. The van der Waals surface area contributed by atoms with Crippen LogP contribution in [0.2, 0.25) is 0 Å². The molecule has 0 radical (unpaired) electrons. The number of amides is 1. The molecule has 3 heteroatoms. The highest BCUT2D eigenvalue weighted by Crippen LogP contribution is 2.41. The van der Waals surface area contributed by atoms with Gasteiger partial charge in [-0.15, -0.1) is 0 Å². The van der Waals surface area contributed by atoms with E-state index in [1.807, 2.05) is 0 Å². The van der Waals surface area contributed by atoms with E-state index in [0.29, 0.717) is 0 Å². The summed E-state index contributed by atoms with van der Waals surface area (Å²) in [4.78, 5) is 11.5. The maximum atomic E-state index is 11.5. The molecule has 2 rings (SSSR count). The molecule has 68 valence electrons. The molecule has 1 amide bonds. The molecule has 0 aromatic carbocycles.